The second kappa shape index (κ2) is 11.7. The lowest BCUT2D eigenvalue weighted by atomic mass is 10.0. The van der Waals surface area contributed by atoms with Crippen LogP contribution in [-0.4, -0.2) is 60.3 Å². The molecule has 1 aliphatic heterocycles. The molecule has 1 heterocycles. The fourth-order valence-corrected chi connectivity index (χ4v) is 3.48. The monoisotopic (exact) mass is 436 g/mol. The van der Waals surface area contributed by atoms with Crippen LogP contribution in [0.4, 0.5) is 4.79 Å². The van der Waals surface area contributed by atoms with Gasteiger partial charge in [0.15, 0.2) is 0 Å². The topological polar surface area (TPSA) is 115 Å². The smallest absolute Gasteiger partial charge is 0.318 e. The number of nitriles is 1. The van der Waals surface area contributed by atoms with E-state index in [9.17, 15) is 20.0 Å². The van der Waals surface area contributed by atoms with E-state index in [2.05, 4.69) is 16.7 Å². The van der Waals surface area contributed by atoms with E-state index in [1.807, 2.05) is 30.3 Å². The van der Waals surface area contributed by atoms with Gasteiger partial charge in [-0.3, -0.25) is 4.79 Å². The molecule has 3 amide bonds. The molecule has 168 valence electrons. The van der Waals surface area contributed by atoms with Gasteiger partial charge in [-0.25, -0.2) is 4.79 Å². The Balaban J connectivity index is 1.63. The van der Waals surface area contributed by atoms with Crippen LogP contribution >= 0.6 is 0 Å². The summed E-state index contributed by atoms with van der Waals surface area (Å²) in [7, 11) is 0. The number of nitrogens with one attached hydrogen (secondary N) is 2. The van der Waals surface area contributed by atoms with Crippen molar-refractivity contribution >= 4 is 11.9 Å². The average molecular weight is 437 g/mol. The van der Waals surface area contributed by atoms with Crippen LogP contribution in [0.5, 0.6) is 5.75 Å². The number of hydrogen-bond acceptors (Lipinski definition) is 5. The second-order valence-electron chi connectivity index (χ2n) is 7.69. The molecule has 2 atom stereocenters. The van der Waals surface area contributed by atoms with Gasteiger partial charge in [0.1, 0.15) is 17.8 Å². The van der Waals surface area contributed by atoms with Gasteiger partial charge in [0.2, 0.25) is 5.91 Å². The predicted molar refractivity (Wildman–Crippen MR) is 119 cm³/mol. The fraction of sp³-hybridized carbons (Fsp3) is 0.375. The quantitative estimate of drug-likeness (QED) is 0.585. The molecule has 0 aromatic heterocycles. The van der Waals surface area contributed by atoms with Crippen molar-refractivity contribution in [3.8, 4) is 11.8 Å². The van der Waals surface area contributed by atoms with Crippen molar-refractivity contribution in [2.24, 2.45) is 0 Å². The van der Waals surface area contributed by atoms with Gasteiger partial charge in [0.25, 0.3) is 0 Å². The molecular weight excluding hydrogens is 408 g/mol. The van der Waals surface area contributed by atoms with Gasteiger partial charge in [-0.05, 0) is 36.1 Å². The molecule has 3 N–H and O–H groups in total. The molecule has 0 spiro atoms. The van der Waals surface area contributed by atoms with Crippen LogP contribution in [0.15, 0.2) is 54.6 Å². The number of phenolic OH excluding ortho intramolecular Hbond substituents is 1. The number of hydrogen-bond donors (Lipinski definition) is 3. The van der Waals surface area contributed by atoms with Crippen molar-refractivity contribution in [3.05, 3.63) is 65.7 Å². The molecule has 0 unspecified atom stereocenters. The molecule has 0 radical (unpaired) electrons. The summed E-state index contributed by atoms with van der Waals surface area (Å²) >= 11 is 0. The number of carbonyl (C=O) groups is 2. The maximum absolute atomic E-state index is 13.0. The van der Waals surface area contributed by atoms with Crippen LogP contribution in [0.2, 0.25) is 0 Å². The lowest BCUT2D eigenvalue weighted by molar-refractivity contribution is -0.123. The third kappa shape index (κ3) is 7.00. The number of urea groups is 1. The summed E-state index contributed by atoms with van der Waals surface area (Å²) in [5.74, 6) is -0.216. The highest BCUT2D eigenvalue weighted by atomic mass is 16.5. The first kappa shape index (κ1) is 23.1. The van der Waals surface area contributed by atoms with Gasteiger partial charge in [-0.1, -0.05) is 42.5 Å². The van der Waals surface area contributed by atoms with E-state index >= 15 is 0 Å². The first-order valence-corrected chi connectivity index (χ1v) is 10.7. The zero-order valence-corrected chi connectivity index (χ0v) is 17.9. The second-order valence-corrected chi connectivity index (χ2v) is 7.69. The van der Waals surface area contributed by atoms with Gasteiger partial charge in [0, 0.05) is 19.5 Å². The summed E-state index contributed by atoms with van der Waals surface area (Å²) in [5, 5.41) is 24.5. The summed E-state index contributed by atoms with van der Waals surface area (Å²) in [6.07, 6.45) is 1.31. The van der Waals surface area contributed by atoms with E-state index in [4.69, 9.17) is 4.74 Å². The lowest BCUT2D eigenvalue weighted by Crippen LogP contribution is -2.55. The Morgan fingerprint density at radius 3 is 2.38 bits per heavy atom. The molecule has 0 saturated carbocycles. The number of rotatable bonds is 8. The molecule has 2 aromatic rings. The van der Waals surface area contributed by atoms with Gasteiger partial charge in [0.05, 0.1) is 19.3 Å². The molecule has 1 saturated heterocycles. The first-order valence-electron chi connectivity index (χ1n) is 10.7. The van der Waals surface area contributed by atoms with Crippen LogP contribution in [0.1, 0.15) is 17.5 Å². The largest absolute Gasteiger partial charge is 0.508 e. The highest BCUT2D eigenvalue weighted by molar-refractivity contribution is 5.87. The number of nitrogens with zero attached hydrogens (tertiary/aromatic N) is 2. The maximum atomic E-state index is 13.0. The van der Waals surface area contributed by atoms with Gasteiger partial charge >= 0.3 is 6.03 Å². The maximum Gasteiger partial charge on any atom is 0.318 e. The molecule has 1 fully saturated rings. The highest BCUT2D eigenvalue weighted by Crippen LogP contribution is 2.12. The molecule has 0 aliphatic carbocycles. The lowest BCUT2D eigenvalue weighted by Gasteiger charge is -2.29. The fourth-order valence-electron chi connectivity index (χ4n) is 3.48. The van der Waals surface area contributed by atoms with Crippen molar-refractivity contribution in [2.45, 2.75) is 31.3 Å². The molecule has 8 heteroatoms. The van der Waals surface area contributed by atoms with Crippen molar-refractivity contribution in [2.75, 3.05) is 26.3 Å². The SMILES string of the molecule is N#C[C@H](CCc1ccc(O)cc1)NC(=O)[C@H](Cc1ccccc1)NC(=O)N1CCOCC1. The number of morpholine rings is 1. The molecule has 3 rings (SSSR count). The minimum atomic E-state index is -0.808. The van der Waals surface area contributed by atoms with Crippen molar-refractivity contribution in [1.29, 1.82) is 5.26 Å². The van der Waals surface area contributed by atoms with E-state index in [0.717, 1.165) is 11.1 Å². The molecule has 2 aromatic carbocycles. The Morgan fingerprint density at radius 2 is 1.72 bits per heavy atom. The molecule has 8 nitrogen and oxygen atoms in total. The van der Waals surface area contributed by atoms with Crippen LogP contribution in [0, 0.1) is 11.3 Å². The van der Waals surface area contributed by atoms with Crippen molar-refractivity contribution in [1.82, 2.24) is 15.5 Å². The standard InChI is InChI=1S/C24H28N4O4/c25-17-20(9-6-18-7-10-21(29)11-8-18)26-23(30)22(16-19-4-2-1-3-5-19)27-24(31)28-12-14-32-15-13-28/h1-5,7-8,10-11,20,22,29H,6,9,12-16H2,(H,26,30)(H,27,31)/t20-,22-/m0/s1. The van der Waals surface area contributed by atoms with E-state index in [0.29, 0.717) is 45.6 Å². The Kier molecular flexibility index (Phi) is 8.46. The number of benzene rings is 2. The zero-order chi connectivity index (χ0) is 22.8. The third-order valence-electron chi connectivity index (χ3n) is 5.33. The summed E-state index contributed by atoms with van der Waals surface area (Å²) < 4.78 is 5.28. The van der Waals surface area contributed by atoms with Gasteiger partial charge in [-0.15, -0.1) is 0 Å². The first-order chi connectivity index (χ1) is 15.5. The Bertz CT molecular complexity index is 921. The highest BCUT2D eigenvalue weighted by Gasteiger charge is 2.26. The molecule has 32 heavy (non-hydrogen) atoms. The number of aryl methyl sites for hydroxylation is 1. The van der Waals surface area contributed by atoms with Crippen molar-refractivity contribution in [3.63, 3.8) is 0 Å². The Morgan fingerprint density at radius 1 is 1.03 bits per heavy atom. The third-order valence-corrected chi connectivity index (χ3v) is 5.33. The molecule has 0 bridgehead atoms. The average Bonchev–Trinajstić information content (AvgIpc) is 2.83. The number of phenols is 1. The summed E-state index contributed by atoms with van der Waals surface area (Å²) in [4.78, 5) is 27.4. The van der Waals surface area contributed by atoms with E-state index in [1.165, 1.54) is 0 Å². The molecular formula is C24H28N4O4. The van der Waals surface area contributed by atoms with E-state index < -0.39 is 18.0 Å². The predicted octanol–water partition coefficient (Wildman–Crippen LogP) is 1.99. The van der Waals surface area contributed by atoms with Crippen LogP contribution in [-0.2, 0) is 22.4 Å². The minimum absolute atomic E-state index is 0.179. The Labute approximate surface area is 187 Å². The summed E-state index contributed by atoms with van der Waals surface area (Å²) in [6, 6.07) is 16.5. The number of aromatic hydroxyl groups is 1. The van der Waals surface area contributed by atoms with E-state index in [1.54, 1.807) is 29.2 Å². The van der Waals surface area contributed by atoms with Crippen LogP contribution < -0.4 is 10.6 Å². The minimum Gasteiger partial charge on any atom is -0.508 e. The van der Waals surface area contributed by atoms with Crippen LogP contribution in [0.25, 0.3) is 0 Å². The summed E-state index contributed by atoms with van der Waals surface area (Å²) in [5.41, 5.74) is 1.87. The number of ether oxygens (including phenoxy) is 1. The van der Waals surface area contributed by atoms with Gasteiger partial charge in [-0.2, -0.15) is 5.26 Å². The molecule has 1 aliphatic rings. The zero-order valence-electron chi connectivity index (χ0n) is 17.9. The van der Waals surface area contributed by atoms with Crippen molar-refractivity contribution < 1.29 is 19.4 Å². The number of carbonyl (C=O) groups excluding carboxylic acids is 2. The van der Waals surface area contributed by atoms with Gasteiger partial charge < -0.3 is 25.4 Å². The number of amides is 3. The van der Waals surface area contributed by atoms with E-state index in [-0.39, 0.29) is 11.8 Å². The normalized spacial score (nSPS) is 15.3. The van der Waals surface area contributed by atoms with Crippen LogP contribution in [0.3, 0.4) is 0 Å². The Hall–Kier alpha value is -3.57. The summed E-state index contributed by atoms with van der Waals surface area (Å²) in [6.45, 7) is 1.88.